The van der Waals surface area contributed by atoms with Crippen molar-refractivity contribution in [3.05, 3.63) is 88.6 Å². The van der Waals surface area contributed by atoms with Gasteiger partial charge in [0, 0.05) is 23.4 Å². The van der Waals surface area contributed by atoms with Crippen molar-refractivity contribution in [2.75, 3.05) is 38.7 Å². The van der Waals surface area contributed by atoms with Crippen molar-refractivity contribution < 1.29 is 14.3 Å². The SMILES string of the molecule is CCN(CC)CCOc1nc2cc(NC(=O)c3ccc(C)cc3)ccc2nc1C#Cc1ccc(OC)cc1C. The van der Waals surface area contributed by atoms with Crippen LogP contribution >= 0.6 is 0 Å². The van der Waals surface area contributed by atoms with Crippen LogP contribution in [0.3, 0.4) is 0 Å². The average molecular weight is 523 g/mol. The van der Waals surface area contributed by atoms with Crippen LogP contribution in [0, 0.1) is 25.7 Å². The molecule has 0 fully saturated rings. The predicted octanol–water partition coefficient (Wildman–Crippen LogP) is 5.63. The molecule has 0 spiro atoms. The van der Waals surface area contributed by atoms with E-state index in [9.17, 15) is 4.79 Å². The van der Waals surface area contributed by atoms with Crippen LogP contribution in [0.2, 0.25) is 0 Å². The molecule has 0 atom stereocenters. The highest BCUT2D eigenvalue weighted by Gasteiger charge is 2.12. The molecular formula is C32H34N4O3. The van der Waals surface area contributed by atoms with E-state index in [0.29, 0.717) is 40.5 Å². The number of amides is 1. The van der Waals surface area contributed by atoms with Gasteiger partial charge >= 0.3 is 0 Å². The molecule has 0 saturated heterocycles. The smallest absolute Gasteiger partial charge is 0.255 e. The number of nitrogens with one attached hydrogen (secondary N) is 1. The number of aromatic nitrogens is 2. The fourth-order valence-corrected chi connectivity index (χ4v) is 4.05. The Bertz CT molecular complexity index is 1520. The number of carbonyl (C=O) groups excluding carboxylic acids is 1. The molecule has 0 bridgehead atoms. The second-order valence-electron chi connectivity index (χ2n) is 9.21. The molecule has 200 valence electrons. The first-order valence-corrected chi connectivity index (χ1v) is 13.1. The van der Waals surface area contributed by atoms with Gasteiger partial charge in [0.1, 0.15) is 12.4 Å². The van der Waals surface area contributed by atoms with Gasteiger partial charge in [0.2, 0.25) is 5.88 Å². The maximum atomic E-state index is 12.7. The Hall–Kier alpha value is -4.41. The molecule has 4 aromatic rings. The summed E-state index contributed by atoms with van der Waals surface area (Å²) in [7, 11) is 1.64. The van der Waals surface area contributed by atoms with E-state index in [4.69, 9.17) is 19.4 Å². The highest BCUT2D eigenvalue weighted by Crippen LogP contribution is 2.23. The molecule has 4 rings (SSSR count). The summed E-state index contributed by atoms with van der Waals surface area (Å²) in [6.45, 7) is 11.3. The number of ether oxygens (including phenoxy) is 2. The van der Waals surface area contributed by atoms with Crippen LogP contribution in [0.4, 0.5) is 5.69 Å². The molecule has 7 nitrogen and oxygen atoms in total. The zero-order chi connectivity index (χ0) is 27.8. The Kier molecular flexibility index (Phi) is 9.14. The van der Waals surface area contributed by atoms with Crippen molar-refractivity contribution in [1.29, 1.82) is 0 Å². The minimum Gasteiger partial charge on any atom is -0.497 e. The monoisotopic (exact) mass is 522 g/mol. The topological polar surface area (TPSA) is 76.6 Å². The molecule has 0 aliphatic rings. The van der Waals surface area contributed by atoms with Crippen molar-refractivity contribution in [3.63, 3.8) is 0 Å². The summed E-state index contributed by atoms with van der Waals surface area (Å²) < 4.78 is 11.4. The number of methoxy groups -OCH3 is 1. The molecule has 39 heavy (non-hydrogen) atoms. The van der Waals surface area contributed by atoms with Gasteiger partial charge in [-0.25, -0.2) is 9.97 Å². The Balaban J connectivity index is 1.65. The molecule has 0 aliphatic carbocycles. The Morgan fingerprint density at radius 2 is 1.69 bits per heavy atom. The average Bonchev–Trinajstić information content (AvgIpc) is 2.94. The van der Waals surface area contributed by atoms with E-state index in [0.717, 1.165) is 42.1 Å². The fourth-order valence-electron chi connectivity index (χ4n) is 4.05. The fraction of sp³-hybridized carbons (Fsp3) is 0.281. The molecular weight excluding hydrogens is 488 g/mol. The van der Waals surface area contributed by atoms with Crippen LogP contribution in [-0.2, 0) is 0 Å². The van der Waals surface area contributed by atoms with Crippen LogP contribution in [0.15, 0.2) is 60.7 Å². The van der Waals surface area contributed by atoms with E-state index >= 15 is 0 Å². The number of carbonyl (C=O) groups is 1. The van der Waals surface area contributed by atoms with E-state index in [1.807, 2.05) is 68.4 Å². The normalized spacial score (nSPS) is 10.7. The molecule has 1 aromatic heterocycles. The first kappa shape index (κ1) is 27.6. The number of aryl methyl sites for hydroxylation is 2. The highest BCUT2D eigenvalue weighted by atomic mass is 16.5. The van der Waals surface area contributed by atoms with Gasteiger partial charge < -0.3 is 19.7 Å². The van der Waals surface area contributed by atoms with Crippen LogP contribution < -0.4 is 14.8 Å². The number of rotatable bonds is 9. The lowest BCUT2D eigenvalue weighted by Crippen LogP contribution is -2.28. The molecule has 0 aliphatic heterocycles. The molecule has 0 radical (unpaired) electrons. The first-order valence-electron chi connectivity index (χ1n) is 13.1. The van der Waals surface area contributed by atoms with Gasteiger partial charge in [0.05, 0.1) is 18.1 Å². The van der Waals surface area contributed by atoms with Gasteiger partial charge in [-0.05, 0) is 87.0 Å². The molecule has 7 heteroatoms. The predicted molar refractivity (Wildman–Crippen MR) is 156 cm³/mol. The number of fused-ring (bicyclic) bond motifs is 1. The van der Waals surface area contributed by atoms with Crippen LogP contribution in [0.25, 0.3) is 11.0 Å². The van der Waals surface area contributed by atoms with Crippen LogP contribution in [-0.4, -0.2) is 54.1 Å². The molecule has 0 saturated carbocycles. The van der Waals surface area contributed by atoms with Gasteiger partial charge in [-0.2, -0.15) is 0 Å². The van der Waals surface area contributed by atoms with Gasteiger partial charge in [-0.1, -0.05) is 37.5 Å². The number of hydrogen-bond acceptors (Lipinski definition) is 6. The van der Waals surface area contributed by atoms with Crippen molar-refractivity contribution in [2.24, 2.45) is 0 Å². The van der Waals surface area contributed by atoms with Crippen LogP contribution in [0.1, 0.15) is 46.6 Å². The third-order valence-electron chi connectivity index (χ3n) is 6.49. The molecule has 1 heterocycles. The number of anilines is 1. The number of hydrogen-bond donors (Lipinski definition) is 1. The summed E-state index contributed by atoms with van der Waals surface area (Å²) in [6, 6.07) is 18.7. The summed E-state index contributed by atoms with van der Waals surface area (Å²) in [5, 5.41) is 2.95. The third-order valence-corrected chi connectivity index (χ3v) is 6.49. The second-order valence-corrected chi connectivity index (χ2v) is 9.21. The van der Waals surface area contributed by atoms with E-state index in [1.165, 1.54) is 0 Å². The van der Waals surface area contributed by atoms with Crippen molar-refractivity contribution in [3.8, 4) is 23.5 Å². The van der Waals surface area contributed by atoms with E-state index in [1.54, 1.807) is 13.2 Å². The number of benzene rings is 3. The zero-order valence-electron chi connectivity index (χ0n) is 23.2. The summed E-state index contributed by atoms with van der Waals surface area (Å²) in [5.74, 6) is 7.35. The number of likely N-dealkylation sites (N-methyl/N-ethyl adjacent to an activating group) is 1. The summed E-state index contributed by atoms with van der Waals surface area (Å²) in [4.78, 5) is 24.5. The van der Waals surface area contributed by atoms with Crippen molar-refractivity contribution >= 4 is 22.6 Å². The van der Waals surface area contributed by atoms with E-state index in [-0.39, 0.29) is 5.91 Å². The summed E-state index contributed by atoms with van der Waals surface area (Å²) in [6.07, 6.45) is 0. The lowest BCUT2D eigenvalue weighted by molar-refractivity contribution is 0.102. The Labute approximate surface area is 230 Å². The highest BCUT2D eigenvalue weighted by molar-refractivity contribution is 6.05. The molecule has 1 amide bonds. The summed E-state index contributed by atoms with van der Waals surface area (Å²) >= 11 is 0. The Morgan fingerprint density at radius 1 is 0.923 bits per heavy atom. The minimum absolute atomic E-state index is 0.185. The van der Waals surface area contributed by atoms with Gasteiger partial charge in [0.15, 0.2) is 5.69 Å². The maximum absolute atomic E-state index is 12.7. The second kappa shape index (κ2) is 12.9. The molecule has 1 N–H and O–H groups in total. The van der Waals surface area contributed by atoms with E-state index in [2.05, 4.69) is 35.9 Å². The van der Waals surface area contributed by atoms with Gasteiger partial charge in [-0.15, -0.1) is 0 Å². The zero-order valence-corrected chi connectivity index (χ0v) is 23.2. The van der Waals surface area contributed by atoms with Gasteiger partial charge in [0.25, 0.3) is 5.91 Å². The molecule has 3 aromatic carbocycles. The van der Waals surface area contributed by atoms with E-state index < -0.39 is 0 Å². The lowest BCUT2D eigenvalue weighted by atomic mass is 10.1. The van der Waals surface area contributed by atoms with Crippen molar-refractivity contribution in [2.45, 2.75) is 27.7 Å². The quantitative estimate of drug-likeness (QED) is 0.287. The van der Waals surface area contributed by atoms with Crippen molar-refractivity contribution in [1.82, 2.24) is 14.9 Å². The standard InChI is InChI=1S/C32H34N4O3/c1-6-36(7-2)18-19-39-32-29(16-13-24-12-15-27(38-5)20-23(24)4)34-28-17-14-26(21-30(28)35-32)33-31(37)25-10-8-22(3)9-11-25/h8-12,14-15,17,20-21H,6-7,18-19H2,1-5H3,(H,33,37). The molecule has 0 unspecified atom stereocenters. The maximum Gasteiger partial charge on any atom is 0.255 e. The summed E-state index contributed by atoms with van der Waals surface area (Å²) in [5.41, 5.74) is 5.94. The Morgan fingerprint density at radius 3 is 2.38 bits per heavy atom. The number of nitrogens with zero attached hydrogens (tertiary/aromatic N) is 3. The minimum atomic E-state index is -0.185. The lowest BCUT2D eigenvalue weighted by Gasteiger charge is -2.18. The van der Waals surface area contributed by atoms with Crippen LogP contribution in [0.5, 0.6) is 11.6 Å². The third kappa shape index (κ3) is 7.13. The first-order chi connectivity index (χ1) is 18.9. The largest absolute Gasteiger partial charge is 0.497 e. The van der Waals surface area contributed by atoms with Gasteiger partial charge in [-0.3, -0.25) is 4.79 Å².